The number of hydrogen-bond acceptors (Lipinski definition) is 6. The number of nitrogens with one attached hydrogen (secondary N) is 1. The molecule has 0 aliphatic rings. The Morgan fingerprint density at radius 3 is 2.27 bits per heavy atom. The van der Waals surface area contributed by atoms with Crippen molar-refractivity contribution in [3.63, 3.8) is 0 Å². The van der Waals surface area contributed by atoms with Crippen LogP contribution in [0.1, 0.15) is 0 Å². The Labute approximate surface area is 127 Å². The lowest BCUT2D eigenvalue weighted by Crippen LogP contribution is -1.98. The Bertz CT molecular complexity index is 739. The number of anilines is 1. The number of ether oxygens (including phenoxy) is 2. The molecule has 0 atom stereocenters. The maximum absolute atomic E-state index is 8.67. The summed E-state index contributed by atoms with van der Waals surface area (Å²) >= 11 is 0. The number of nitrogens with zero attached hydrogens (tertiary/aromatic N) is 3. The molecule has 0 aliphatic carbocycles. The fourth-order valence-corrected chi connectivity index (χ4v) is 1.61. The van der Waals surface area contributed by atoms with Crippen molar-refractivity contribution in [1.29, 1.82) is 10.5 Å². The summed E-state index contributed by atoms with van der Waals surface area (Å²) in [6.45, 7) is 0. The summed E-state index contributed by atoms with van der Waals surface area (Å²) in [5, 5.41) is 21.0. The molecule has 0 saturated carbocycles. The maximum Gasteiger partial charge on any atom is 0.237 e. The van der Waals surface area contributed by atoms with E-state index in [0.29, 0.717) is 17.2 Å². The average molecular weight is 292 g/mol. The van der Waals surface area contributed by atoms with Gasteiger partial charge in [0, 0.05) is 0 Å². The van der Waals surface area contributed by atoms with E-state index in [9.17, 15) is 0 Å². The third kappa shape index (κ3) is 3.75. The Morgan fingerprint density at radius 2 is 1.64 bits per heavy atom. The van der Waals surface area contributed by atoms with Gasteiger partial charge in [0.15, 0.2) is 5.75 Å². The second-order valence-corrected chi connectivity index (χ2v) is 4.07. The predicted molar refractivity (Wildman–Crippen MR) is 81.8 cm³/mol. The first-order chi connectivity index (χ1) is 10.8. The lowest BCUT2D eigenvalue weighted by atomic mass is 10.3. The Balaban J connectivity index is 2.19. The maximum atomic E-state index is 8.67. The lowest BCUT2D eigenvalue weighted by molar-refractivity contribution is 0.413. The van der Waals surface area contributed by atoms with Crippen LogP contribution < -0.4 is 14.9 Å². The number of benzene rings is 2. The smallest absolute Gasteiger partial charge is 0.237 e. The molecule has 1 N–H and O–H groups in total. The molecule has 2 aromatic carbocycles. The van der Waals surface area contributed by atoms with E-state index in [4.69, 9.17) is 20.0 Å². The quantitative estimate of drug-likeness (QED) is 0.674. The van der Waals surface area contributed by atoms with Crippen LogP contribution >= 0.6 is 0 Å². The van der Waals surface area contributed by atoms with E-state index in [0.717, 1.165) is 5.75 Å². The molecule has 6 heteroatoms. The standard InChI is InChI=1S/C16H12N4O2/c1-21-13-6-8-14(9-7-13)22-16-5-3-2-4-15(16)20-19-12(10-17)11-18/h2-9,20H,1H3. The van der Waals surface area contributed by atoms with Gasteiger partial charge in [0.1, 0.15) is 23.6 Å². The van der Waals surface area contributed by atoms with Gasteiger partial charge >= 0.3 is 0 Å². The average Bonchev–Trinajstić information content (AvgIpc) is 2.58. The summed E-state index contributed by atoms with van der Waals surface area (Å²) in [5.74, 6) is 1.88. The second kappa shape index (κ2) is 7.32. The minimum Gasteiger partial charge on any atom is -0.497 e. The van der Waals surface area contributed by atoms with E-state index >= 15 is 0 Å². The van der Waals surface area contributed by atoms with Crippen molar-refractivity contribution in [2.24, 2.45) is 5.10 Å². The number of rotatable bonds is 5. The highest BCUT2D eigenvalue weighted by Crippen LogP contribution is 2.30. The van der Waals surface area contributed by atoms with Crippen molar-refractivity contribution < 1.29 is 9.47 Å². The summed E-state index contributed by atoms with van der Waals surface area (Å²) in [6, 6.07) is 17.5. The zero-order valence-corrected chi connectivity index (χ0v) is 11.8. The summed E-state index contributed by atoms with van der Waals surface area (Å²) < 4.78 is 10.8. The van der Waals surface area contributed by atoms with Crippen LogP contribution in [0.15, 0.2) is 53.6 Å². The molecule has 0 aromatic heterocycles. The Morgan fingerprint density at radius 1 is 1.00 bits per heavy atom. The van der Waals surface area contributed by atoms with Gasteiger partial charge in [-0.3, -0.25) is 5.43 Å². The second-order valence-electron chi connectivity index (χ2n) is 4.07. The molecule has 2 aromatic rings. The van der Waals surface area contributed by atoms with Crippen LogP contribution in [-0.4, -0.2) is 12.8 Å². The number of nitriles is 2. The molecular weight excluding hydrogens is 280 g/mol. The van der Waals surface area contributed by atoms with Crippen LogP contribution in [0, 0.1) is 22.7 Å². The summed E-state index contributed by atoms with van der Waals surface area (Å²) in [6.07, 6.45) is 0. The highest BCUT2D eigenvalue weighted by molar-refractivity contribution is 6.10. The molecule has 0 bridgehead atoms. The molecule has 6 nitrogen and oxygen atoms in total. The van der Waals surface area contributed by atoms with Gasteiger partial charge in [0.25, 0.3) is 0 Å². The van der Waals surface area contributed by atoms with E-state index < -0.39 is 0 Å². The summed E-state index contributed by atoms with van der Waals surface area (Å²) in [7, 11) is 1.59. The van der Waals surface area contributed by atoms with E-state index in [1.165, 1.54) is 0 Å². The van der Waals surface area contributed by atoms with Crippen LogP contribution in [0.2, 0.25) is 0 Å². The molecule has 108 valence electrons. The van der Waals surface area contributed by atoms with Gasteiger partial charge in [-0.1, -0.05) is 12.1 Å². The third-order valence-corrected chi connectivity index (χ3v) is 2.67. The highest BCUT2D eigenvalue weighted by atomic mass is 16.5. The molecule has 0 aliphatic heterocycles. The molecule has 0 unspecified atom stereocenters. The van der Waals surface area contributed by atoms with E-state index in [1.54, 1.807) is 61.7 Å². The number of hydrogen-bond donors (Lipinski definition) is 1. The van der Waals surface area contributed by atoms with Gasteiger partial charge in [-0.25, -0.2) is 0 Å². The topological polar surface area (TPSA) is 90.4 Å². The molecule has 2 rings (SSSR count). The predicted octanol–water partition coefficient (Wildman–Crippen LogP) is 3.30. The zero-order chi connectivity index (χ0) is 15.8. The fourth-order valence-electron chi connectivity index (χ4n) is 1.61. The molecule has 0 amide bonds. The van der Waals surface area contributed by atoms with Crippen LogP contribution in [0.3, 0.4) is 0 Å². The Kier molecular flexibility index (Phi) is 4.95. The van der Waals surface area contributed by atoms with Crippen molar-refractivity contribution in [2.75, 3.05) is 12.5 Å². The van der Waals surface area contributed by atoms with Gasteiger partial charge in [-0.2, -0.15) is 15.6 Å². The SMILES string of the molecule is COc1ccc(Oc2ccccc2NN=C(C#N)C#N)cc1. The molecule has 0 fully saturated rings. The first-order valence-electron chi connectivity index (χ1n) is 6.31. The number of hydrazone groups is 1. The molecule has 0 spiro atoms. The molecule has 0 radical (unpaired) electrons. The fraction of sp³-hybridized carbons (Fsp3) is 0.0625. The van der Waals surface area contributed by atoms with Gasteiger partial charge in [0.2, 0.25) is 5.71 Å². The summed E-state index contributed by atoms with van der Waals surface area (Å²) in [5.41, 5.74) is 2.93. The van der Waals surface area contributed by atoms with Crippen molar-refractivity contribution in [3.05, 3.63) is 48.5 Å². The van der Waals surface area contributed by atoms with Crippen molar-refractivity contribution in [2.45, 2.75) is 0 Å². The van der Waals surface area contributed by atoms with Crippen molar-refractivity contribution in [3.8, 4) is 29.4 Å². The minimum absolute atomic E-state index is 0.265. The first kappa shape index (κ1) is 14.9. The zero-order valence-electron chi connectivity index (χ0n) is 11.8. The molecule has 0 saturated heterocycles. The van der Waals surface area contributed by atoms with E-state index in [1.807, 2.05) is 6.07 Å². The van der Waals surface area contributed by atoms with Crippen molar-refractivity contribution in [1.82, 2.24) is 0 Å². The van der Waals surface area contributed by atoms with Crippen LogP contribution in [0.5, 0.6) is 17.2 Å². The van der Waals surface area contributed by atoms with E-state index in [2.05, 4.69) is 10.5 Å². The minimum atomic E-state index is -0.265. The summed E-state index contributed by atoms with van der Waals surface area (Å²) in [4.78, 5) is 0. The third-order valence-electron chi connectivity index (χ3n) is 2.67. The normalized spacial score (nSPS) is 9.05. The molecule has 0 heterocycles. The highest BCUT2D eigenvalue weighted by Gasteiger charge is 2.04. The van der Waals surface area contributed by atoms with E-state index in [-0.39, 0.29) is 5.71 Å². The molecular formula is C16H12N4O2. The van der Waals surface area contributed by atoms with Gasteiger partial charge in [0.05, 0.1) is 12.8 Å². The molecule has 22 heavy (non-hydrogen) atoms. The van der Waals surface area contributed by atoms with Crippen LogP contribution in [0.4, 0.5) is 5.69 Å². The lowest BCUT2D eigenvalue weighted by Gasteiger charge is -2.10. The first-order valence-corrected chi connectivity index (χ1v) is 6.31. The van der Waals surface area contributed by atoms with Gasteiger partial charge in [-0.05, 0) is 36.4 Å². The Hall–Kier alpha value is -3.51. The van der Waals surface area contributed by atoms with Crippen LogP contribution in [0.25, 0.3) is 0 Å². The monoisotopic (exact) mass is 292 g/mol. The van der Waals surface area contributed by atoms with Crippen molar-refractivity contribution >= 4 is 11.4 Å². The number of methoxy groups -OCH3 is 1. The largest absolute Gasteiger partial charge is 0.497 e. The van der Waals surface area contributed by atoms with Gasteiger partial charge in [-0.15, -0.1) is 0 Å². The van der Waals surface area contributed by atoms with Gasteiger partial charge < -0.3 is 9.47 Å². The number of para-hydroxylation sites is 2. The van der Waals surface area contributed by atoms with Crippen LogP contribution in [-0.2, 0) is 0 Å².